The molecular formula is C24H20N6O6. The van der Waals surface area contributed by atoms with E-state index in [4.69, 9.17) is 9.47 Å². The maximum absolute atomic E-state index is 12.7. The molecule has 3 aromatic carbocycles. The minimum absolute atomic E-state index is 0.145. The number of carbonyl (C=O) groups excluding carboxylic acids is 2. The van der Waals surface area contributed by atoms with Crippen LogP contribution in [0.1, 0.15) is 20.7 Å². The molecule has 0 atom stereocenters. The maximum atomic E-state index is 12.7. The summed E-state index contributed by atoms with van der Waals surface area (Å²) in [4.78, 5) is 59.2. The Morgan fingerprint density at radius 1 is 0.611 bits per heavy atom. The summed E-state index contributed by atoms with van der Waals surface area (Å²) < 4.78 is 9.92. The standard InChI is InChI=1S/C24H20N6O6/c1-35-21(31)13-9-18(26-12-4-6-16-20(8-12)30-24(34)28-16)14(22(32)36-2)10-17(13)25-11-3-5-15-19(7-11)29-23(33)27-15/h3-10,25-26H,1-2H3,(H2,27,29,33)(H2,28,30,34). The van der Waals surface area contributed by atoms with Crippen molar-refractivity contribution in [1.29, 1.82) is 0 Å². The van der Waals surface area contributed by atoms with E-state index < -0.39 is 11.9 Å². The summed E-state index contributed by atoms with van der Waals surface area (Å²) in [5.41, 5.74) is 3.66. The van der Waals surface area contributed by atoms with E-state index in [0.29, 0.717) is 33.4 Å². The molecule has 12 heteroatoms. The van der Waals surface area contributed by atoms with Gasteiger partial charge in [0.1, 0.15) is 0 Å². The van der Waals surface area contributed by atoms with Crippen molar-refractivity contribution in [1.82, 2.24) is 19.9 Å². The average Bonchev–Trinajstić information content (AvgIpc) is 3.43. The monoisotopic (exact) mass is 488 g/mol. The number of benzene rings is 3. The molecule has 36 heavy (non-hydrogen) atoms. The molecule has 6 N–H and O–H groups in total. The Morgan fingerprint density at radius 3 is 1.39 bits per heavy atom. The number of hydrogen-bond acceptors (Lipinski definition) is 8. The fourth-order valence-electron chi connectivity index (χ4n) is 3.90. The quantitative estimate of drug-likeness (QED) is 0.198. The highest BCUT2D eigenvalue weighted by Gasteiger charge is 2.21. The van der Waals surface area contributed by atoms with Crippen LogP contribution in [0.4, 0.5) is 22.7 Å². The van der Waals surface area contributed by atoms with Crippen LogP contribution in [0, 0.1) is 0 Å². The average molecular weight is 488 g/mol. The SMILES string of the molecule is COC(=O)c1cc(Nc2ccc3[nH]c(=O)[nH]c3c2)c(C(=O)OC)cc1Nc1ccc2[nH]c(=O)[nH]c2c1. The fraction of sp³-hybridized carbons (Fsp3) is 0.0833. The second-order valence-electron chi connectivity index (χ2n) is 7.86. The number of esters is 2. The molecule has 12 nitrogen and oxygen atoms in total. The van der Waals surface area contributed by atoms with Gasteiger partial charge in [0.05, 0.1) is 58.8 Å². The van der Waals surface area contributed by atoms with Crippen LogP contribution < -0.4 is 22.0 Å². The second kappa shape index (κ2) is 8.83. The zero-order valence-corrected chi connectivity index (χ0v) is 19.1. The number of aromatic nitrogens is 4. The molecule has 0 fully saturated rings. The number of imidazole rings is 2. The first-order valence-corrected chi connectivity index (χ1v) is 10.7. The number of anilines is 4. The molecule has 5 rings (SSSR count). The molecule has 0 aliphatic rings. The Morgan fingerprint density at radius 2 is 1.00 bits per heavy atom. The minimum Gasteiger partial charge on any atom is -0.465 e. The number of methoxy groups -OCH3 is 2. The van der Waals surface area contributed by atoms with E-state index in [1.54, 1.807) is 36.4 Å². The van der Waals surface area contributed by atoms with Crippen LogP contribution in [0.5, 0.6) is 0 Å². The Hall–Kier alpha value is -5.26. The predicted molar refractivity (Wildman–Crippen MR) is 134 cm³/mol. The molecule has 0 radical (unpaired) electrons. The zero-order valence-electron chi connectivity index (χ0n) is 19.1. The number of ether oxygens (including phenoxy) is 2. The molecule has 0 aliphatic heterocycles. The van der Waals surface area contributed by atoms with E-state index in [0.717, 1.165) is 0 Å². The Balaban J connectivity index is 1.59. The van der Waals surface area contributed by atoms with Crippen LogP contribution in [-0.4, -0.2) is 46.1 Å². The summed E-state index contributed by atoms with van der Waals surface area (Å²) in [6.45, 7) is 0. The summed E-state index contributed by atoms with van der Waals surface area (Å²) in [6.07, 6.45) is 0. The molecule has 0 aliphatic carbocycles. The van der Waals surface area contributed by atoms with Crippen molar-refractivity contribution in [3.05, 3.63) is 80.6 Å². The molecular weight excluding hydrogens is 468 g/mol. The van der Waals surface area contributed by atoms with Crippen LogP contribution in [-0.2, 0) is 9.47 Å². The third-order valence-corrected chi connectivity index (χ3v) is 5.56. The Kier molecular flexibility index (Phi) is 5.53. The summed E-state index contributed by atoms with van der Waals surface area (Å²) in [5.74, 6) is -1.28. The van der Waals surface area contributed by atoms with E-state index >= 15 is 0 Å². The molecule has 0 saturated carbocycles. The van der Waals surface area contributed by atoms with E-state index in [-0.39, 0.29) is 33.9 Å². The highest BCUT2D eigenvalue weighted by atomic mass is 16.5. The first-order valence-electron chi connectivity index (χ1n) is 10.7. The lowest BCUT2D eigenvalue weighted by Crippen LogP contribution is -2.12. The van der Waals surface area contributed by atoms with Gasteiger partial charge in [0.25, 0.3) is 0 Å². The summed E-state index contributed by atoms with van der Waals surface area (Å²) in [7, 11) is 2.50. The number of aromatic amines is 4. The number of rotatable bonds is 6. The zero-order chi connectivity index (χ0) is 25.4. The first kappa shape index (κ1) is 22.5. The summed E-state index contributed by atoms with van der Waals surface area (Å²) >= 11 is 0. The topological polar surface area (TPSA) is 174 Å². The largest absolute Gasteiger partial charge is 0.465 e. The van der Waals surface area contributed by atoms with Crippen molar-refractivity contribution < 1.29 is 19.1 Å². The third kappa shape index (κ3) is 4.18. The van der Waals surface area contributed by atoms with Gasteiger partial charge in [-0.1, -0.05) is 0 Å². The van der Waals surface area contributed by atoms with Gasteiger partial charge in [0, 0.05) is 11.4 Å². The van der Waals surface area contributed by atoms with Crippen molar-refractivity contribution >= 4 is 56.8 Å². The highest BCUT2D eigenvalue weighted by Crippen LogP contribution is 2.32. The van der Waals surface area contributed by atoms with Gasteiger partial charge in [-0.15, -0.1) is 0 Å². The predicted octanol–water partition coefficient (Wildman–Crippen LogP) is 3.09. The van der Waals surface area contributed by atoms with Gasteiger partial charge in [-0.2, -0.15) is 0 Å². The fourth-order valence-corrected chi connectivity index (χ4v) is 3.90. The second-order valence-corrected chi connectivity index (χ2v) is 7.86. The Labute approximate surface area is 201 Å². The van der Waals surface area contributed by atoms with Crippen molar-refractivity contribution in [2.24, 2.45) is 0 Å². The lowest BCUT2D eigenvalue weighted by molar-refractivity contribution is 0.0588. The lowest BCUT2D eigenvalue weighted by Gasteiger charge is -2.17. The van der Waals surface area contributed by atoms with Crippen molar-refractivity contribution in [3.63, 3.8) is 0 Å². The number of carbonyl (C=O) groups is 2. The third-order valence-electron chi connectivity index (χ3n) is 5.56. The van der Waals surface area contributed by atoms with Crippen molar-refractivity contribution in [2.45, 2.75) is 0 Å². The maximum Gasteiger partial charge on any atom is 0.340 e. The molecule has 0 saturated heterocycles. The first-order chi connectivity index (χ1) is 17.3. The normalized spacial score (nSPS) is 10.9. The van der Waals surface area contributed by atoms with Crippen LogP contribution in [0.15, 0.2) is 58.1 Å². The van der Waals surface area contributed by atoms with Crippen LogP contribution in [0.2, 0.25) is 0 Å². The number of nitrogens with one attached hydrogen (secondary N) is 6. The molecule has 0 bridgehead atoms. The smallest absolute Gasteiger partial charge is 0.340 e. The van der Waals surface area contributed by atoms with E-state index in [1.807, 2.05) is 0 Å². The molecule has 2 aromatic heterocycles. The van der Waals surface area contributed by atoms with Crippen LogP contribution in [0.25, 0.3) is 22.1 Å². The lowest BCUT2D eigenvalue weighted by atomic mass is 10.0. The Bertz CT molecular complexity index is 1630. The van der Waals surface area contributed by atoms with Crippen LogP contribution >= 0.6 is 0 Å². The van der Waals surface area contributed by atoms with E-state index in [9.17, 15) is 19.2 Å². The summed E-state index contributed by atoms with van der Waals surface area (Å²) in [6, 6.07) is 13.1. The van der Waals surface area contributed by atoms with Gasteiger partial charge in [0.2, 0.25) is 0 Å². The van der Waals surface area contributed by atoms with Gasteiger partial charge in [0.15, 0.2) is 0 Å². The minimum atomic E-state index is -0.640. The molecule has 0 unspecified atom stereocenters. The van der Waals surface area contributed by atoms with Crippen molar-refractivity contribution in [2.75, 3.05) is 24.9 Å². The summed E-state index contributed by atoms with van der Waals surface area (Å²) in [5, 5.41) is 6.22. The van der Waals surface area contributed by atoms with Crippen molar-refractivity contribution in [3.8, 4) is 0 Å². The molecule has 2 heterocycles. The highest BCUT2D eigenvalue weighted by molar-refractivity contribution is 6.04. The molecule has 0 amide bonds. The van der Waals surface area contributed by atoms with Gasteiger partial charge in [-0.3, -0.25) is 0 Å². The number of H-pyrrole nitrogens is 4. The number of hydrogen-bond donors (Lipinski definition) is 6. The molecule has 5 aromatic rings. The van der Waals surface area contributed by atoms with Crippen LogP contribution in [0.3, 0.4) is 0 Å². The van der Waals surface area contributed by atoms with Gasteiger partial charge in [-0.05, 0) is 48.5 Å². The van der Waals surface area contributed by atoms with E-state index in [2.05, 4.69) is 30.6 Å². The molecule has 182 valence electrons. The van der Waals surface area contributed by atoms with E-state index in [1.165, 1.54) is 26.4 Å². The number of fused-ring (bicyclic) bond motifs is 2. The van der Waals surface area contributed by atoms with Gasteiger partial charge >= 0.3 is 23.3 Å². The van der Waals surface area contributed by atoms with Gasteiger partial charge in [-0.25, -0.2) is 19.2 Å². The van der Waals surface area contributed by atoms with Gasteiger partial charge < -0.3 is 40.0 Å². The molecule has 0 spiro atoms.